The van der Waals surface area contributed by atoms with Crippen LogP contribution in [0, 0.1) is 0 Å². The van der Waals surface area contributed by atoms with Gasteiger partial charge in [-0.2, -0.15) is 0 Å². The van der Waals surface area contributed by atoms with Crippen LogP contribution in [0.4, 0.5) is 0 Å². The summed E-state index contributed by atoms with van der Waals surface area (Å²) in [6, 6.07) is 24.8. The molecule has 2 aromatic carbocycles. The highest BCUT2D eigenvalue weighted by Gasteiger charge is 2.15. The van der Waals surface area contributed by atoms with Gasteiger partial charge in [0, 0.05) is 16.6 Å². The predicted molar refractivity (Wildman–Crippen MR) is 93.1 cm³/mol. The molecule has 0 atom stereocenters. The van der Waals surface area contributed by atoms with Gasteiger partial charge in [0.05, 0.1) is 0 Å². The Balaban J connectivity index is 1.73. The molecule has 20 heavy (non-hydrogen) atoms. The average molecular weight is 297 g/mol. The second-order valence-corrected chi connectivity index (χ2v) is 14.8. The summed E-state index contributed by atoms with van der Waals surface area (Å²) in [6.45, 7) is 5.10. The molecule has 0 saturated carbocycles. The normalized spacial score (nSPS) is 11.2. The first kappa shape index (κ1) is 15.3. The Hall–Kier alpha value is -1.13. The lowest BCUT2D eigenvalue weighted by molar-refractivity contribution is 1.10. The van der Waals surface area contributed by atoms with E-state index in [1.807, 2.05) is 0 Å². The Morgan fingerprint density at radius 2 is 0.950 bits per heavy atom. The molecule has 0 bridgehead atoms. The van der Waals surface area contributed by atoms with Crippen molar-refractivity contribution in [2.24, 2.45) is 0 Å². The molecule has 2 radical (unpaired) electrons. The molecule has 0 heterocycles. The van der Waals surface area contributed by atoms with Crippen LogP contribution in [0.2, 0.25) is 25.2 Å². The summed E-state index contributed by atoms with van der Waals surface area (Å²) in [7, 11) is -0.265. The summed E-state index contributed by atoms with van der Waals surface area (Å²) in [5.74, 6) is 0. The number of hydrogen-bond acceptors (Lipinski definition) is 0. The topological polar surface area (TPSA) is 0 Å². The monoisotopic (exact) mass is 296 g/mol. The fraction of sp³-hybridized carbons (Fsp3) is 0.333. The highest BCUT2D eigenvalue weighted by Crippen LogP contribution is 2.12. The quantitative estimate of drug-likeness (QED) is 0.644. The maximum Gasteiger partial charge on any atom is 0.0346 e. The minimum Gasteiger partial charge on any atom is -0.0733 e. The van der Waals surface area contributed by atoms with Crippen molar-refractivity contribution in [3.63, 3.8) is 0 Å². The molecule has 0 fully saturated rings. The van der Waals surface area contributed by atoms with Crippen molar-refractivity contribution >= 4 is 16.6 Å². The molecule has 2 heteroatoms. The molecule has 0 amide bonds. The Kier molecular flexibility index (Phi) is 6.28. The van der Waals surface area contributed by atoms with Gasteiger partial charge in [-0.05, 0) is 24.0 Å². The molecule has 0 N–H and O–H groups in total. The van der Waals surface area contributed by atoms with E-state index in [0.717, 1.165) is 0 Å². The third kappa shape index (κ3) is 5.10. The van der Waals surface area contributed by atoms with Crippen molar-refractivity contribution in [2.75, 3.05) is 0 Å². The zero-order chi connectivity index (χ0) is 14.2. The first-order valence-corrected chi connectivity index (χ1v) is 12.9. The lowest BCUT2D eigenvalue weighted by Gasteiger charge is -2.17. The van der Waals surface area contributed by atoms with Crippen LogP contribution >= 0.6 is 0 Å². The minimum absolute atomic E-state index is 0.133. The molecule has 104 valence electrons. The van der Waals surface area contributed by atoms with Crippen molar-refractivity contribution in [1.29, 1.82) is 0 Å². The van der Waals surface area contributed by atoms with Crippen LogP contribution in [0.3, 0.4) is 0 Å². The van der Waals surface area contributed by atoms with E-state index in [-0.39, 0.29) is 16.6 Å². The summed E-state index contributed by atoms with van der Waals surface area (Å²) in [5, 5.41) is 0. The minimum atomic E-state index is -0.133. The molecule has 0 saturated heterocycles. The Morgan fingerprint density at radius 1 is 0.600 bits per heavy atom. The maximum absolute atomic E-state index is 2.55. The molecule has 0 aliphatic carbocycles. The van der Waals surface area contributed by atoms with Gasteiger partial charge in [-0.1, -0.05) is 85.8 Å². The first-order chi connectivity index (χ1) is 9.75. The molecular formula is C18H24Si2. The summed E-state index contributed by atoms with van der Waals surface area (Å²) in [6.07, 6.45) is 2.55. The van der Waals surface area contributed by atoms with Crippen LogP contribution < -0.4 is 0 Å². The molecule has 0 aliphatic heterocycles. The molecule has 0 spiro atoms. The van der Waals surface area contributed by atoms with Crippen molar-refractivity contribution in [2.45, 2.75) is 38.0 Å². The van der Waals surface area contributed by atoms with Crippen LogP contribution in [0.15, 0.2) is 60.7 Å². The lowest BCUT2D eigenvalue weighted by atomic mass is 10.2. The second kappa shape index (κ2) is 8.23. The molecule has 0 aromatic heterocycles. The summed E-state index contributed by atoms with van der Waals surface area (Å²) in [4.78, 5) is 0. The first-order valence-electron chi connectivity index (χ1n) is 7.49. The Morgan fingerprint density at radius 3 is 1.30 bits per heavy atom. The maximum atomic E-state index is 2.55. The highest BCUT2D eigenvalue weighted by atomic mass is 29.2. The Bertz CT molecular complexity index is 434. The molecule has 2 rings (SSSR count). The van der Waals surface area contributed by atoms with Crippen molar-refractivity contribution in [3.8, 4) is 0 Å². The van der Waals surface area contributed by atoms with Gasteiger partial charge in [0.2, 0.25) is 0 Å². The second-order valence-electron chi connectivity index (χ2n) is 5.53. The average Bonchev–Trinajstić information content (AvgIpc) is 2.52. The third-order valence-electron chi connectivity index (χ3n) is 3.99. The van der Waals surface area contributed by atoms with E-state index in [9.17, 15) is 0 Å². The Labute approximate surface area is 126 Å². The van der Waals surface area contributed by atoms with E-state index in [0.29, 0.717) is 0 Å². The summed E-state index contributed by atoms with van der Waals surface area (Å²) >= 11 is 0. The van der Waals surface area contributed by atoms with Crippen molar-refractivity contribution in [1.82, 2.24) is 0 Å². The fourth-order valence-electron chi connectivity index (χ4n) is 2.38. The molecule has 0 aliphatic rings. The van der Waals surface area contributed by atoms with E-state index in [2.05, 4.69) is 73.8 Å². The van der Waals surface area contributed by atoms with Gasteiger partial charge >= 0.3 is 0 Å². The molecular weight excluding hydrogens is 272 g/mol. The van der Waals surface area contributed by atoms with Gasteiger partial charge < -0.3 is 0 Å². The van der Waals surface area contributed by atoms with E-state index in [1.54, 1.807) is 0 Å². The van der Waals surface area contributed by atoms with Crippen molar-refractivity contribution < 1.29 is 0 Å². The van der Waals surface area contributed by atoms with Gasteiger partial charge in [0.1, 0.15) is 0 Å². The molecule has 0 unspecified atom stereocenters. The predicted octanol–water partition coefficient (Wildman–Crippen LogP) is 4.80. The SMILES string of the molecule is C[Si](CCc1ccccc1)[Si](C)CCc1ccccc1. The van der Waals surface area contributed by atoms with Gasteiger partial charge in [-0.15, -0.1) is 0 Å². The van der Waals surface area contributed by atoms with E-state index in [1.165, 1.54) is 36.1 Å². The molecule has 2 aromatic rings. The molecule has 0 nitrogen and oxygen atoms in total. The van der Waals surface area contributed by atoms with Gasteiger partial charge in [-0.25, -0.2) is 0 Å². The number of hydrogen-bond donors (Lipinski definition) is 0. The van der Waals surface area contributed by atoms with Crippen LogP contribution in [0.5, 0.6) is 0 Å². The number of rotatable bonds is 7. The number of benzene rings is 2. The van der Waals surface area contributed by atoms with Crippen molar-refractivity contribution in [3.05, 3.63) is 71.8 Å². The van der Waals surface area contributed by atoms with Crippen LogP contribution in [-0.2, 0) is 12.8 Å². The van der Waals surface area contributed by atoms with E-state index >= 15 is 0 Å². The standard InChI is InChI=1S/C18H24Si2/c1-19(15-13-17-9-5-3-6-10-17)20(2)16-14-18-11-7-4-8-12-18/h3-12H,13-16H2,1-2H3. The van der Waals surface area contributed by atoms with Gasteiger partial charge in [0.15, 0.2) is 0 Å². The lowest BCUT2D eigenvalue weighted by Crippen LogP contribution is -2.30. The largest absolute Gasteiger partial charge is 0.0733 e. The number of aryl methyl sites for hydroxylation is 2. The highest BCUT2D eigenvalue weighted by molar-refractivity contribution is 7.21. The zero-order valence-electron chi connectivity index (χ0n) is 12.6. The van der Waals surface area contributed by atoms with Crippen LogP contribution in [0.25, 0.3) is 0 Å². The van der Waals surface area contributed by atoms with E-state index in [4.69, 9.17) is 0 Å². The van der Waals surface area contributed by atoms with Crippen LogP contribution in [-0.4, -0.2) is 16.6 Å². The van der Waals surface area contributed by atoms with Gasteiger partial charge in [-0.3, -0.25) is 0 Å². The fourth-order valence-corrected chi connectivity index (χ4v) is 7.87. The smallest absolute Gasteiger partial charge is 0.0346 e. The van der Waals surface area contributed by atoms with E-state index < -0.39 is 0 Å². The van der Waals surface area contributed by atoms with Gasteiger partial charge in [0.25, 0.3) is 0 Å². The zero-order valence-corrected chi connectivity index (χ0v) is 14.6. The van der Waals surface area contributed by atoms with Crippen LogP contribution in [0.1, 0.15) is 11.1 Å². The summed E-state index contributed by atoms with van der Waals surface area (Å²) in [5.41, 5.74) is 3.02. The summed E-state index contributed by atoms with van der Waals surface area (Å²) < 4.78 is 0. The third-order valence-corrected chi connectivity index (χ3v) is 13.3.